The Morgan fingerprint density at radius 3 is 2.61 bits per heavy atom. The number of hydrogen-bond donors (Lipinski definition) is 0. The second kappa shape index (κ2) is 8.85. The minimum atomic E-state index is 0.0536. The lowest BCUT2D eigenvalue weighted by Crippen LogP contribution is -2.06. The summed E-state index contributed by atoms with van der Waals surface area (Å²) in [4.78, 5) is 13.0. The number of thioether (sulfide) groups is 1. The average molecular weight is 437 g/mol. The van der Waals surface area contributed by atoms with Crippen molar-refractivity contribution < 1.29 is 13.9 Å². The summed E-state index contributed by atoms with van der Waals surface area (Å²) in [7, 11) is 1.86. The van der Waals surface area contributed by atoms with Gasteiger partial charge in [0.05, 0.1) is 18.6 Å². The third-order valence-electron chi connectivity index (χ3n) is 5.05. The van der Waals surface area contributed by atoms with E-state index < -0.39 is 0 Å². The quantitative estimate of drug-likeness (QED) is 0.290. The molecule has 0 unspecified atom stereocenters. The van der Waals surface area contributed by atoms with E-state index in [1.807, 2.05) is 68.8 Å². The fourth-order valence-corrected chi connectivity index (χ4v) is 4.36. The molecule has 4 rings (SSSR count). The molecule has 0 spiro atoms. The van der Waals surface area contributed by atoms with Gasteiger partial charge in [0, 0.05) is 29.7 Å². The topological polar surface area (TPSA) is 75.1 Å². The summed E-state index contributed by atoms with van der Waals surface area (Å²) in [6.07, 6.45) is 1.60. The van der Waals surface area contributed by atoms with E-state index in [0.29, 0.717) is 28.9 Å². The third kappa shape index (κ3) is 4.16. The van der Waals surface area contributed by atoms with Crippen molar-refractivity contribution in [3.8, 4) is 23.0 Å². The number of nitrogens with zero attached hydrogens (tertiary/aromatic N) is 4. The molecule has 4 aromatic rings. The Kier molecular flexibility index (Phi) is 5.99. The Balaban J connectivity index is 1.50. The summed E-state index contributed by atoms with van der Waals surface area (Å²) in [5, 5.41) is 9.04. The molecule has 0 saturated heterocycles. The molecule has 0 N–H and O–H groups in total. The first-order chi connectivity index (χ1) is 15.0. The molecular weight excluding hydrogens is 412 g/mol. The molecule has 0 amide bonds. The summed E-state index contributed by atoms with van der Waals surface area (Å²) >= 11 is 1.37. The molecule has 0 aliphatic rings. The molecule has 0 bridgehead atoms. The van der Waals surface area contributed by atoms with E-state index >= 15 is 0 Å². The van der Waals surface area contributed by atoms with Crippen LogP contribution in [0.15, 0.2) is 58.3 Å². The molecule has 0 saturated carbocycles. The number of ketones is 1. The van der Waals surface area contributed by atoms with Crippen molar-refractivity contribution >= 4 is 17.5 Å². The standard InChI is InChI=1S/C23H24N4O3S/c1-5-29-18-10-8-17(9-11-18)27-15(2)13-19(16(27)3)20(28)14-31-23-25-24-22(26(23)4)21-7-6-12-30-21/h6-13H,5,14H2,1-4H3. The van der Waals surface area contributed by atoms with E-state index in [1.165, 1.54) is 11.8 Å². The fraction of sp³-hybridized carbons (Fsp3) is 0.261. The predicted octanol–water partition coefficient (Wildman–Crippen LogP) is 4.86. The first-order valence-electron chi connectivity index (χ1n) is 10.0. The number of carbonyl (C=O) groups is 1. The third-order valence-corrected chi connectivity index (χ3v) is 6.07. The molecule has 8 heteroatoms. The Morgan fingerprint density at radius 2 is 1.94 bits per heavy atom. The van der Waals surface area contributed by atoms with Crippen LogP contribution in [-0.4, -0.2) is 37.5 Å². The van der Waals surface area contributed by atoms with Crippen molar-refractivity contribution in [2.24, 2.45) is 7.05 Å². The Labute approximate surface area is 185 Å². The highest BCUT2D eigenvalue weighted by Gasteiger charge is 2.19. The van der Waals surface area contributed by atoms with Crippen molar-refractivity contribution in [2.45, 2.75) is 25.9 Å². The number of aromatic nitrogens is 4. The smallest absolute Gasteiger partial charge is 0.200 e. The number of carbonyl (C=O) groups excluding carboxylic acids is 1. The maximum Gasteiger partial charge on any atom is 0.200 e. The number of aryl methyl sites for hydroxylation is 1. The van der Waals surface area contributed by atoms with E-state index in [1.54, 1.807) is 12.3 Å². The summed E-state index contributed by atoms with van der Waals surface area (Å²) in [5.41, 5.74) is 3.64. The van der Waals surface area contributed by atoms with Gasteiger partial charge >= 0.3 is 0 Å². The van der Waals surface area contributed by atoms with Crippen LogP contribution >= 0.6 is 11.8 Å². The predicted molar refractivity (Wildman–Crippen MR) is 120 cm³/mol. The lowest BCUT2D eigenvalue weighted by Gasteiger charge is -2.11. The molecule has 31 heavy (non-hydrogen) atoms. The van der Waals surface area contributed by atoms with Crippen LogP contribution in [-0.2, 0) is 7.05 Å². The van der Waals surface area contributed by atoms with Crippen molar-refractivity contribution in [3.05, 3.63) is 65.7 Å². The molecule has 160 valence electrons. The molecule has 0 radical (unpaired) electrons. The Hall–Kier alpha value is -3.26. The molecule has 0 atom stereocenters. The molecule has 7 nitrogen and oxygen atoms in total. The summed E-state index contributed by atoms with van der Waals surface area (Å²) in [5.74, 6) is 2.44. The first-order valence-corrected chi connectivity index (χ1v) is 11.0. The average Bonchev–Trinajstić information content (AvgIpc) is 3.47. The van der Waals surface area contributed by atoms with Crippen molar-refractivity contribution in [1.29, 1.82) is 0 Å². The summed E-state index contributed by atoms with van der Waals surface area (Å²) < 4.78 is 14.8. The van der Waals surface area contributed by atoms with Gasteiger partial charge in [-0.3, -0.25) is 4.79 Å². The number of ether oxygens (including phenoxy) is 1. The van der Waals surface area contributed by atoms with Crippen LogP contribution in [0.2, 0.25) is 0 Å². The van der Waals surface area contributed by atoms with Gasteiger partial charge in [0.1, 0.15) is 5.75 Å². The number of benzene rings is 1. The van der Waals surface area contributed by atoms with E-state index in [2.05, 4.69) is 14.8 Å². The Bertz CT molecular complexity index is 1190. The zero-order valence-corrected chi connectivity index (χ0v) is 18.8. The van der Waals surface area contributed by atoms with Gasteiger partial charge in [-0.05, 0) is 63.2 Å². The van der Waals surface area contributed by atoms with Crippen molar-refractivity contribution in [2.75, 3.05) is 12.4 Å². The number of rotatable bonds is 8. The van der Waals surface area contributed by atoms with Gasteiger partial charge in [-0.1, -0.05) is 11.8 Å². The second-order valence-electron chi connectivity index (χ2n) is 7.10. The van der Waals surface area contributed by atoms with Crippen LogP contribution in [0.1, 0.15) is 28.7 Å². The van der Waals surface area contributed by atoms with E-state index in [9.17, 15) is 4.79 Å². The van der Waals surface area contributed by atoms with Gasteiger partial charge in [-0.15, -0.1) is 10.2 Å². The number of Topliss-reactive ketones (excluding diaryl/α,β-unsaturated/α-hetero) is 1. The molecule has 3 heterocycles. The molecular formula is C23H24N4O3S. The first kappa shape index (κ1) is 21.0. The highest BCUT2D eigenvalue weighted by Crippen LogP contribution is 2.26. The number of hydrogen-bond acceptors (Lipinski definition) is 6. The van der Waals surface area contributed by atoms with Gasteiger partial charge in [-0.25, -0.2) is 0 Å². The van der Waals surface area contributed by atoms with Crippen LogP contribution in [0, 0.1) is 13.8 Å². The minimum absolute atomic E-state index is 0.0536. The molecule has 0 aliphatic carbocycles. The van der Waals surface area contributed by atoms with Crippen LogP contribution in [0.25, 0.3) is 17.3 Å². The lowest BCUT2D eigenvalue weighted by molar-refractivity contribution is 0.102. The monoisotopic (exact) mass is 436 g/mol. The highest BCUT2D eigenvalue weighted by molar-refractivity contribution is 7.99. The highest BCUT2D eigenvalue weighted by atomic mass is 32.2. The maximum atomic E-state index is 13.0. The zero-order valence-electron chi connectivity index (χ0n) is 18.0. The van der Waals surface area contributed by atoms with Crippen LogP contribution in [0.3, 0.4) is 0 Å². The van der Waals surface area contributed by atoms with Crippen LogP contribution < -0.4 is 4.74 Å². The lowest BCUT2D eigenvalue weighted by atomic mass is 10.2. The van der Waals surface area contributed by atoms with E-state index in [0.717, 1.165) is 22.8 Å². The second-order valence-corrected chi connectivity index (χ2v) is 8.04. The molecule has 0 fully saturated rings. The fourth-order valence-electron chi connectivity index (χ4n) is 3.57. The van der Waals surface area contributed by atoms with Gasteiger partial charge in [0.25, 0.3) is 0 Å². The summed E-state index contributed by atoms with van der Waals surface area (Å²) in [6.45, 7) is 6.57. The van der Waals surface area contributed by atoms with Crippen LogP contribution in [0.5, 0.6) is 5.75 Å². The molecule has 0 aliphatic heterocycles. The minimum Gasteiger partial charge on any atom is -0.494 e. The molecule has 3 aromatic heterocycles. The Morgan fingerprint density at radius 1 is 1.16 bits per heavy atom. The maximum absolute atomic E-state index is 13.0. The van der Waals surface area contributed by atoms with Crippen molar-refractivity contribution in [3.63, 3.8) is 0 Å². The SMILES string of the molecule is CCOc1ccc(-n2c(C)cc(C(=O)CSc3nnc(-c4ccco4)n3C)c2C)cc1. The largest absolute Gasteiger partial charge is 0.494 e. The van der Waals surface area contributed by atoms with Crippen molar-refractivity contribution in [1.82, 2.24) is 19.3 Å². The van der Waals surface area contributed by atoms with Gasteiger partial charge < -0.3 is 18.3 Å². The van der Waals surface area contributed by atoms with Gasteiger partial charge in [-0.2, -0.15) is 0 Å². The van der Waals surface area contributed by atoms with Crippen LogP contribution in [0.4, 0.5) is 0 Å². The normalized spacial score (nSPS) is 11.1. The van der Waals surface area contributed by atoms with E-state index in [4.69, 9.17) is 9.15 Å². The van der Waals surface area contributed by atoms with Gasteiger partial charge in [0.2, 0.25) is 0 Å². The summed E-state index contributed by atoms with van der Waals surface area (Å²) in [6, 6.07) is 13.5. The zero-order chi connectivity index (χ0) is 22.0. The van der Waals surface area contributed by atoms with Gasteiger partial charge in [0.15, 0.2) is 22.5 Å². The molecule has 1 aromatic carbocycles. The van der Waals surface area contributed by atoms with E-state index in [-0.39, 0.29) is 11.5 Å². The number of furan rings is 1.